The molecule has 0 saturated carbocycles. The van der Waals surface area contributed by atoms with Crippen LogP contribution in [0.5, 0.6) is 5.75 Å². The van der Waals surface area contributed by atoms with Gasteiger partial charge >= 0.3 is 0 Å². The predicted octanol–water partition coefficient (Wildman–Crippen LogP) is 3.59. The summed E-state index contributed by atoms with van der Waals surface area (Å²) in [6.45, 7) is 3.63. The van der Waals surface area contributed by atoms with Crippen molar-refractivity contribution in [3.63, 3.8) is 0 Å². The molecule has 4 aromatic rings. The molecule has 0 fully saturated rings. The summed E-state index contributed by atoms with van der Waals surface area (Å²) >= 11 is 0. The Labute approximate surface area is 204 Å². The second kappa shape index (κ2) is 10.1. The van der Waals surface area contributed by atoms with Crippen molar-refractivity contribution in [3.8, 4) is 17.1 Å². The molecule has 1 amide bonds. The highest BCUT2D eigenvalue weighted by Crippen LogP contribution is 2.29. The lowest BCUT2D eigenvalue weighted by molar-refractivity contribution is 0.0933. The minimum atomic E-state index is -3.54. The van der Waals surface area contributed by atoms with Crippen molar-refractivity contribution in [2.75, 3.05) is 17.0 Å². The lowest BCUT2D eigenvalue weighted by Gasteiger charge is -2.16. The van der Waals surface area contributed by atoms with E-state index >= 15 is 0 Å². The lowest BCUT2D eigenvalue weighted by atomic mass is 10.1. The van der Waals surface area contributed by atoms with E-state index in [1.165, 1.54) is 6.07 Å². The Hall–Kier alpha value is -3.92. The van der Waals surface area contributed by atoms with Gasteiger partial charge in [0, 0.05) is 18.8 Å². The third kappa shape index (κ3) is 5.60. The lowest BCUT2D eigenvalue weighted by Crippen LogP contribution is -2.34. The van der Waals surface area contributed by atoms with Gasteiger partial charge in [-0.25, -0.2) is 13.4 Å². The van der Waals surface area contributed by atoms with Crippen LogP contribution in [0.25, 0.3) is 22.4 Å². The number of aromatic nitrogens is 3. The van der Waals surface area contributed by atoms with Crippen LogP contribution < -0.4 is 14.8 Å². The van der Waals surface area contributed by atoms with Crippen LogP contribution in [0.3, 0.4) is 0 Å². The fraction of sp³-hybridized carbons (Fsp3) is 0.240. The van der Waals surface area contributed by atoms with Gasteiger partial charge in [0.1, 0.15) is 17.7 Å². The molecule has 2 heterocycles. The number of hydrogen-bond donors (Lipinski definition) is 2. The van der Waals surface area contributed by atoms with Gasteiger partial charge in [-0.1, -0.05) is 30.3 Å². The summed E-state index contributed by atoms with van der Waals surface area (Å²) in [6.07, 6.45) is 2.94. The molecule has 2 aromatic carbocycles. The van der Waals surface area contributed by atoms with Gasteiger partial charge in [0.15, 0.2) is 0 Å². The molecule has 0 spiro atoms. The number of pyridine rings is 1. The normalized spacial score (nSPS) is 12.3. The van der Waals surface area contributed by atoms with E-state index in [-0.39, 0.29) is 30.0 Å². The Kier molecular flexibility index (Phi) is 7.02. The fourth-order valence-corrected chi connectivity index (χ4v) is 4.32. The summed E-state index contributed by atoms with van der Waals surface area (Å²) in [4.78, 5) is 22.0. The molecular formula is C25H27N5O4S. The van der Waals surface area contributed by atoms with Crippen LogP contribution in [-0.2, 0) is 17.1 Å². The number of nitrogens with one attached hydrogen (secondary N) is 2. The first kappa shape index (κ1) is 24.2. The van der Waals surface area contributed by atoms with E-state index in [0.717, 1.165) is 5.56 Å². The minimum absolute atomic E-state index is 0.0900. The number of ether oxygens (including phenoxy) is 1. The largest absolute Gasteiger partial charge is 0.487 e. The van der Waals surface area contributed by atoms with E-state index in [1.54, 1.807) is 37.5 Å². The number of amides is 1. The first-order valence-corrected chi connectivity index (χ1v) is 12.8. The quantitative estimate of drug-likeness (QED) is 0.368. The summed E-state index contributed by atoms with van der Waals surface area (Å²) in [5, 5.41) is 2.89. The summed E-state index contributed by atoms with van der Waals surface area (Å²) in [5.41, 5.74) is 2.57. The smallest absolute Gasteiger partial charge is 0.253 e. The summed E-state index contributed by atoms with van der Waals surface area (Å²) < 4.78 is 34.6. The fourth-order valence-electron chi connectivity index (χ4n) is 3.70. The van der Waals surface area contributed by atoms with Crippen LogP contribution >= 0.6 is 0 Å². The van der Waals surface area contributed by atoms with Crippen LogP contribution in [0.15, 0.2) is 67.0 Å². The Balaban J connectivity index is 1.68. The van der Waals surface area contributed by atoms with E-state index in [4.69, 9.17) is 9.72 Å². The topological polar surface area (TPSA) is 115 Å². The monoisotopic (exact) mass is 493 g/mol. The standard InChI is InChI=1S/C25H27N5O4S/c1-4-35(32,33)29-19-13-21(25(31)27-15-17(2)34-20-11-8-12-26-16-20)23-22(14-19)28-24(30(23)3)18-9-6-5-7-10-18/h5-14,16-17,29H,4,15H2,1-3H3,(H,27,31)/t17-/m1/s1. The SMILES string of the molecule is CCS(=O)(=O)Nc1cc(C(=O)NC[C@@H](C)Oc2cccnc2)c2c(c1)nc(-c1ccccc1)n2C. The molecule has 182 valence electrons. The number of carbonyl (C=O) groups excluding carboxylic acids is 1. The Morgan fingerprint density at radius 2 is 1.91 bits per heavy atom. The highest BCUT2D eigenvalue weighted by Gasteiger charge is 2.21. The van der Waals surface area contributed by atoms with Crippen LogP contribution in [0.1, 0.15) is 24.2 Å². The molecule has 0 unspecified atom stereocenters. The summed E-state index contributed by atoms with van der Waals surface area (Å²) in [5.74, 6) is 0.815. The molecule has 0 aliphatic carbocycles. The molecule has 4 rings (SSSR count). The van der Waals surface area contributed by atoms with Gasteiger partial charge in [-0.15, -0.1) is 0 Å². The van der Waals surface area contributed by atoms with Gasteiger partial charge in [0.25, 0.3) is 5.91 Å². The third-order valence-electron chi connectivity index (χ3n) is 5.42. The van der Waals surface area contributed by atoms with Crippen molar-refractivity contribution in [2.24, 2.45) is 7.05 Å². The number of anilines is 1. The van der Waals surface area contributed by atoms with Gasteiger partial charge in [0.2, 0.25) is 10.0 Å². The second-order valence-electron chi connectivity index (χ2n) is 8.08. The van der Waals surface area contributed by atoms with Crippen LogP contribution in [0, 0.1) is 0 Å². The molecule has 0 aliphatic rings. The molecule has 2 N–H and O–H groups in total. The Morgan fingerprint density at radius 1 is 1.14 bits per heavy atom. The van der Waals surface area contributed by atoms with Gasteiger partial charge in [-0.2, -0.15) is 0 Å². The maximum Gasteiger partial charge on any atom is 0.253 e. The molecule has 0 radical (unpaired) electrons. The van der Waals surface area contributed by atoms with E-state index < -0.39 is 10.0 Å². The Bertz CT molecular complexity index is 1440. The number of hydrogen-bond acceptors (Lipinski definition) is 6. The molecule has 0 bridgehead atoms. The minimum Gasteiger partial charge on any atom is -0.487 e. The number of carbonyl (C=O) groups is 1. The predicted molar refractivity (Wildman–Crippen MR) is 136 cm³/mol. The molecule has 10 heteroatoms. The summed E-state index contributed by atoms with van der Waals surface area (Å²) in [6, 6.07) is 16.3. The molecule has 35 heavy (non-hydrogen) atoms. The summed E-state index contributed by atoms with van der Waals surface area (Å²) in [7, 11) is -1.71. The van der Waals surface area contributed by atoms with Crippen LogP contribution in [0.2, 0.25) is 0 Å². The van der Waals surface area contributed by atoms with E-state index in [2.05, 4.69) is 15.0 Å². The Morgan fingerprint density at radius 3 is 2.60 bits per heavy atom. The molecule has 2 aromatic heterocycles. The van der Waals surface area contributed by atoms with Crippen molar-refractivity contribution in [1.82, 2.24) is 19.9 Å². The zero-order valence-electron chi connectivity index (χ0n) is 19.7. The highest BCUT2D eigenvalue weighted by atomic mass is 32.2. The van der Waals surface area contributed by atoms with E-state index in [0.29, 0.717) is 28.2 Å². The first-order chi connectivity index (χ1) is 16.8. The van der Waals surface area contributed by atoms with Crippen molar-refractivity contribution < 1.29 is 17.9 Å². The van der Waals surface area contributed by atoms with Gasteiger partial charge in [-0.05, 0) is 38.1 Å². The number of benzene rings is 2. The average Bonchev–Trinajstić information content (AvgIpc) is 3.19. The van der Waals surface area contributed by atoms with Crippen LogP contribution in [0.4, 0.5) is 5.69 Å². The van der Waals surface area contributed by atoms with Crippen molar-refractivity contribution in [1.29, 1.82) is 0 Å². The highest BCUT2D eigenvalue weighted by molar-refractivity contribution is 7.92. The van der Waals surface area contributed by atoms with Gasteiger partial charge in [0.05, 0.1) is 40.8 Å². The van der Waals surface area contributed by atoms with E-state index in [9.17, 15) is 13.2 Å². The van der Waals surface area contributed by atoms with Crippen molar-refractivity contribution >= 4 is 32.7 Å². The zero-order chi connectivity index (χ0) is 25.0. The van der Waals surface area contributed by atoms with Crippen molar-refractivity contribution in [3.05, 3.63) is 72.6 Å². The van der Waals surface area contributed by atoms with Gasteiger partial charge in [-0.3, -0.25) is 14.5 Å². The number of fused-ring (bicyclic) bond motifs is 1. The maximum absolute atomic E-state index is 13.3. The molecule has 1 atom stereocenters. The number of nitrogens with zero attached hydrogens (tertiary/aromatic N) is 3. The maximum atomic E-state index is 13.3. The molecular weight excluding hydrogens is 466 g/mol. The van der Waals surface area contributed by atoms with E-state index in [1.807, 2.05) is 48.9 Å². The molecule has 0 saturated heterocycles. The van der Waals surface area contributed by atoms with Crippen molar-refractivity contribution in [2.45, 2.75) is 20.0 Å². The number of aryl methyl sites for hydroxylation is 1. The average molecular weight is 494 g/mol. The number of rotatable bonds is 9. The first-order valence-electron chi connectivity index (χ1n) is 11.2. The van der Waals surface area contributed by atoms with Gasteiger partial charge < -0.3 is 14.6 Å². The number of imidazole rings is 1. The second-order valence-corrected chi connectivity index (χ2v) is 10.1. The third-order valence-corrected chi connectivity index (χ3v) is 6.73. The zero-order valence-corrected chi connectivity index (χ0v) is 20.5. The van der Waals surface area contributed by atoms with Crippen LogP contribution in [-0.4, -0.2) is 47.3 Å². The molecule has 9 nitrogen and oxygen atoms in total. The molecule has 0 aliphatic heterocycles. The number of sulfonamides is 1.